The summed E-state index contributed by atoms with van der Waals surface area (Å²) in [5.74, 6) is -2.31. The number of aliphatic hydroxyl groups is 1. The lowest BCUT2D eigenvalue weighted by atomic mass is 9.77. The van der Waals surface area contributed by atoms with Gasteiger partial charge in [0.05, 0.1) is 18.6 Å². The zero-order chi connectivity index (χ0) is 22.9. The van der Waals surface area contributed by atoms with Crippen LogP contribution in [0.3, 0.4) is 0 Å². The Balaban J connectivity index is 1.71. The summed E-state index contributed by atoms with van der Waals surface area (Å²) in [6, 6.07) is -0.823. The largest absolute Gasteiger partial charge is 0.465 e. The fraction of sp³-hybridized carbons (Fsp3) is 0.708. The highest BCUT2D eigenvalue weighted by molar-refractivity contribution is 5.99. The summed E-state index contributed by atoms with van der Waals surface area (Å²) in [6.07, 6.45) is 10.7. The van der Waals surface area contributed by atoms with Gasteiger partial charge in [0, 0.05) is 25.7 Å². The molecule has 0 saturated carbocycles. The van der Waals surface area contributed by atoms with Crippen LogP contribution in [0.15, 0.2) is 24.3 Å². The van der Waals surface area contributed by atoms with E-state index in [9.17, 15) is 14.4 Å². The van der Waals surface area contributed by atoms with Crippen LogP contribution in [0, 0.1) is 11.8 Å². The molecular formula is C24H34N2O6. The lowest BCUT2D eigenvalue weighted by Crippen LogP contribution is -2.56. The van der Waals surface area contributed by atoms with Crippen LogP contribution < -0.4 is 0 Å². The molecule has 0 bridgehead atoms. The molecule has 4 rings (SSSR count). The number of likely N-dealkylation sites (tertiary alicyclic amines) is 1. The highest BCUT2D eigenvalue weighted by Gasteiger charge is 2.71. The molecule has 0 aromatic carbocycles. The second-order valence-electron chi connectivity index (χ2n) is 9.38. The Morgan fingerprint density at radius 3 is 2.66 bits per heavy atom. The van der Waals surface area contributed by atoms with Crippen LogP contribution in [0.1, 0.15) is 46.0 Å². The molecule has 0 aromatic heterocycles. The Morgan fingerprint density at radius 2 is 1.91 bits per heavy atom. The summed E-state index contributed by atoms with van der Waals surface area (Å²) in [5, 5.41) is 9.02. The van der Waals surface area contributed by atoms with Crippen molar-refractivity contribution in [2.45, 2.75) is 69.7 Å². The van der Waals surface area contributed by atoms with Gasteiger partial charge in [0.1, 0.15) is 17.6 Å². The second-order valence-corrected chi connectivity index (χ2v) is 9.38. The minimum absolute atomic E-state index is 0.0252. The van der Waals surface area contributed by atoms with E-state index in [4.69, 9.17) is 14.6 Å². The molecule has 5 atom stereocenters. The molecular weight excluding hydrogens is 412 g/mol. The van der Waals surface area contributed by atoms with E-state index >= 15 is 0 Å². The standard InChI is InChI=1S/C24H34N2O6/c1-16(2)25-13-9-11-24-19(18-17(32-24)10-5-8-15-31-23(18)30)21(28)26(20(24)22(25)29)12-6-3-4-7-14-27/h5,9-11,16-20,27H,3-4,6-8,12-15H2,1-2H3/t17-,18+,19+,20?,24+/m1/s1. The van der Waals surface area contributed by atoms with Crippen LogP contribution in [0.25, 0.3) is 0 Å². The molecule has 2 fully saturated rings. The van der Waals surface area contributed by atoms with Gasteiger partial charge < -0.3 is 24.4 Å². The molecule has 4 aliphatic rings. The van der Waals surface area contributed by atoms with E-state index in [-0.39, 0.29) is 31.1 Å². The van der Waals surface area contributed by atoms with Gasteiger partial charge >= 0.3 is 5.97 Å². The van der Waals surface area contributed by atoms with Crippen LogP contribution in [0.5, 0.6) is 0 Å². The highest BCUT2D eigenvalue weighted by Crippen LogP contribution is 2.53. The van der Waals surface area contributed by atoms with E-state index in [1.807, 2.05) is 38.2 Å². The fourth-order valence-corrected chi connectivity index (χ4v) is 5.58. The van der Waals surface area contributed by atoms with Crippen LogP contribution in [0.2, 0.25) is 0 Å². The Kier molecular flexibility index (Phi) is 6.72. The molecule has 1 unspecified atom stereocenters. The monoisotopic (exact) mass is 446 g/mol. The number of nitrogens with zero attached hydrogens (tertiary/aromatic N) is 2. The van der Waals surface area contributed by atoms with Gasteiger partial charge in [-0.3, -0.25) is 14.4 Å². The molecule has 32 heavy (non-hydrogen) atoms. The van der Waals surface area contributed by atoms with E-state index in [1.54, 1.807) is 9.80 Å². The molecule has 0 aromatic rings. The molecule has 4 aliphatic heterocycles. The van der Waals surface area contributed by atoms with Gasteiger partial charge in [0.25, 0.3) is 0 Å². The average molecular weight is 447 g/mol. The number of hydrogen-bond donors (Lipinski definition) is 1. The SMILES string of the molecule is CC(C)N1CC=C[C@]23O[C@@H]4C=CCCOC(=O)[C@@H]4[C@H]2C(=O)N(CCCCCCO)C3C1=O. The van der Waals surface area contributed by atoms with Crippen LogP contribution >= 0.6 is 0 Å². The zero-order valence-electron chi connectivity index (χ0n) is 18.9. The maximum absolute atomic E-state index is 13.8. The number of hydrogen-bond acceptors (Lipinski definition) is 6. The van der Waals surface area contributed by atoms with Crippen molar-refractivity contribution < 1.29 is 29.0 Å². The molecule has 2 saturated heterocycles. The Morgan fingerprint density at radius 1 is 1.12 bits per heavy atom. The average Bonchev–Trinajstić information content (AvgIpc) is 3.11. The zero-order valence-corrected chi connectivity index (χ0v) is 18.9. The molecule has 0 aliphatic carbocycles. The number of rotatable bonds is 7. The quantitative estimate of drug-likeness (QED) is 0.361. The number of amides is 2. The van der Waals surface area contributed by atoms with Gasteiger partial charge in [-0.15, -0.1) is 0 Å². The summed E-state index contributed by atoms with van der Waals surface area (Å²) >= 11 is 0. The molecule has 4 heterocycles. The molecule has 8 nitrogen and oxygen atoms in total. The number of esters is 1. The van der Waals surface area contributed by atoms with E-state index in [1.165, 1.54) is 0 Å². The lowest BCUT2D eigenvalue weighted by molar-refractivity contribution is -0.155. The van der Waals surface area contributed by atoms with E-state index in [0.717, 1.165) is 25.7 Å². The summed E-state index contributed by atoms with van der Waals surface area (Å²) < 4.78 is 11.9. The third-order valence-corrected chi connectivity index (χ3v) is 7.08. The molecule has 2 amide bonds. The van der Waals surface area contributed by atoms with E-state index in [2.05, 4.69) is 0 Å². The first-order chi connectivity index (χ1) is 15.4. The number of unbranched alkanes of at least 4 members (excludes halogenated alkanes) is 3. The van der Waals surface area contributed by atoms with E-state index in [0.29, 0.717) is 19.5 Å². The molecule has 0 radical (unpaired) electrons. The van der Waals surface area contributed by atoms with Crippen molar-refractivity contribution in [2.24, 2.45) is 11.8 Å². The fourth-order valence-electron chi connectivity index (χ4n) is 5.58. The second kappa shape index (κ2) is 9.35. The lowest BCUT2D eigenvalue weighted by Gasteiger charge is -2.36. The highest BCUT2D eigenvalue weighted by atomic mass is 16.6. The van der Waals surface area contributed by atoms with Gasteiger partial charge in [-0.25, -0.2) is 0 Å². The normalized spacial score (nSPS) is 34.2. The van der Waals surface area contributed by atoms with Gasteiger partial charge in [-0.05, 0) is 33.1 Å². The van der Waals surface area contributed by atoms with Crippen molar-refractivity contribution >= 4 is 17.8 Å². The van der Waals surface area contributed by atoms with Crippen LogP contribution in [0.4, 0.5) is 0 Å². The maximum Gasteiger partial charge on any atom is 0.312 e. The smallest absolute Gasteiger partial charge is 0.312 e. The summed E-state index contributed by atoms with van der Waals surface area (Å²) in [4.78, 5) is 43.9. The van der Waals surface area contributed by atoms with Gasteiger partial charge in [0.15, 0.2) is 0 Å². The topological polar surface area (TPSA) is 96.4 Å². The summed E-state index contributed by atoms with van der Waals surface area (Å²) in [5.41, 5.74) is -1.17. The first-order valence-corrected chi connectivity index (χ1v) is 11.8. The third-order valence-electron chi connectivity index (χ3n) is 7.08. The molecule has 1 spiro atoms. The molecule has 1 N–H and O–H groups in total. The Labute approximate surface area is 189 Å². The first-order valence-electron chi connectivity index (χ1n) is 11.8. The van der Waals surface area contributed by atoms with Gasteiger partial charge in [-0.1, -0.05) is 37.1 Å². The predicted molar refractivity (Wildman–Crippen MR) is 116 cm³/mol. The minimum atomic E-state index is -1.17. The van der Waals surface area contributed by atoms with Crippen molar-refractivity contribution in [3.63, 3.8) is 0 Å². The van der Waals surface area contributed by atoms with Gasteiger partial charge in [-0.2, -0.15) is 0 Å². The number of ether oxygens (including phenoxy) is 2. The van der Waals surface area contributed by atoms with Gasteiger partial charge in [0.2, 0.25) is 11.8 Å². The Bertz CT molecular complexity index is 808. The number of carbonyl (C=O) groups is 3. The summed E-state index contributed by atoms with van der Waals surface area (Å²) in [7, 11) is 0. The Hall–Kier alpha value is -2.19. The summed E-state index contributed by atoms with van der Waals surface area (Å²) in [6.45, 7) is 5.21. The number of fused-ring (bicyclic) bond motifs is 2. The van der Waals surface area contributed by atoms with Crippen molar-refractivity contribution in [1.82, 2.24) is 9.80 Å². The molecule has 176 valence electrons. The predicted octanol–water partition coefficient (Wildman–Crippen LogP) is 1.43. The first kappa shape index (κ1) is 23.0. The third kappa shape index (κ3) is 3.77. The van der Waals surface area contributed by atoms with Crippen LogP contribution in [-0.4, -0.2) is 82.8 Å². The minimum Gasteiger partial charge on any atom is -0.465 e. The van der Waals surface area contributed by atoms with Crippen molar-refractivity contribution in [3.05, 3.63) is 24.3 Å². The number of carbonyl (C=O) groups excluding carboxylic acids is 3. The number of cyclic esters (lactones) is 1. The number of aliphatic hydroxyl groups excluding tert-OH is 1. The van der Waals surface area contributed by atoms with Crippen LogP contribution in [-0.2, 0) is 23.9 Å². The maximum atomic E-state index is 13.8. The van der Waals surface area contributed by atoms with Crippen molar-refractivity contribution in [2.75, 3.05) is 26.3 Å². The van der Waals surface area contributed by atoms with Crippen molar-refractivity contribution in [1.29, 1.82) is 0 Å². The molecule has 8 heteroatoms. The van der Waals surface area contributed by atoms with E-state index < -0.39 is 35.6 Å². The van der Waals surface area contributed by atoms with Crippen molar-refractivity contribution in [3.8, 4) is 0 Å².